The van der Waals surface area contributed by atoms with E-state index < -0.39 is 0 Å². The van der Waals surface area contributed by atoms with E-state index in [0.717, 1.165) is 35.2 Å². The van der Waals surface area contributed by atoms with Gasteiger partial charge < -0.3 is 9.64 Å². The van der Waals surface area contributed by atoms with E-state index in [-0.39, 0.29) is 16.2 Å². The van der Waals surface area contributed by atoms with E-state index in [0.29, 0.717) is 5.41 Å². The van der Waals surface area contributed by atoms with Crippen molar-refractivity contribution in [2.45, 2.75) is 82.5 Å². The van der Waals surface area contributed by atoms with Gasteiger partial charge in [0.25, 0.3) is 0 Å². The summed E-state index contributed by atoms with van der Waals surface area (Å²) in [5.74, 6) is 5.55. The second-order valence-electron chi connectivity index (χ2n) is 19.3. The third kappa shape index (κ3) is 3.92. The molecule has 5 aliphatic carbocycles. The summed E-state index contributed by atoms with van der Waals surface area (Å²) in [6.45, 7) is 9.68. The van der Waals surface area contributed by atoms with Crippen molar-refractivity contribution >= 4 is 27.8 Å². The molecule has 1 aliphatic heterocycles. The maximum absolute atomic E-state index is 6.73. The fraction of sp³-hybridized carbons (Fsp3) is 0.346. The molecule has 0 aromatic heterocycles. The van der Waals surface area contributed by atoms with E-state index in [9.17, 15) is 0 Å². The minimum atomic E-state index is 0.0907. The Balaban J connectivity index is 0.964. The minimum Gasteiger partial charge on any atom is -0.457 e. The number of hydrogen-bond donors (Lipinski definition) is 0. The maximum atomic E-state index is 6.73. The molecule has 0 N–H and O–H groups in total. The van der Waals surface area contributed by atoms with Crippen LogP contribution in [0.4, 0.5) is 17.1 Å². The molecule has 12 rings (SSSR count). The van der Waals surface area contributed by atoms with Crippen molar-refractivity contribution < 1.29 is 4.74 Å². The largest absolute Gasteiger partial charge is 0.457 e. The summed E-state index contributed by atoms with van der Waals surface area (Å²) >= 11 is 0. The van der Waals surface area contributed by atoms with Gasteiger partial charge in [-0.3, -0.25) is 0 Å². The molecular weight excluding hydrogens is 655 g/mol. The van der Waals surface area contributed by atoms with Crippen LogP contribution in [0.15, 0.2) is 127 Å². The lowest BCUT2D eigenvalue weighted by molar-refractivity contribution is -0.235. The van der Waals surface area contributed by atoms with Gasteiger partial charge in [-0.2, -0.15) is 0 Å². The summed E-state index contributed by atoms with van der Waals surface area (Å²) < 4.78 is 6.73. The molecule has 54 heavy (non-hydrogen) atoms. The van der Waals surface area contributed by atoms with Crippen LogP contribution in [0.2, 0.25) is 0 Å². The average Bonchev–Trinajstić information content (AvgIpc) is 3.72. The minimum absolute atomic E-state index is 0.0907. The molecule has 0 saturated heterocycles. The predicted molar refractivity (Wildman–Crippen MR) is 222 cm³/mol. The predicted octanol–water partition coefficient (Wildman–Crippen LogP) is 13.8. The summed E-state index contributed by atoms with van der Waals surface area (Å²) in [5.41, 5.74) is 13.0. The Morgan fingerprint density at radius 2 is 1.19 bits per heavy atom. The highest BCUT2D eigenvalue weighted by molar-refractivity contribution is 5.89. The molecule has 2 heteroatoms. The standard InChI is InChI=1S/C52H49NO/c1-49(2)23-24-50(3,4)43-30-40(20-21-41(43)49)53(39-19-15-33-9-5-6-10-35(33)27-39)38-17-13-34(14-18-38)36-16-22-46-44(28-36)52(42-11-7-8-12-45(42)54-46)47-26-32-25-37-29-48(52)51(37,47)31-32/h5-22,27-28,30,32,37,47-48H,23-26,29,31H2,1-4H3. The van der Waals surface area contributed by atoms with E-state index in [1.807, 2.05) is 0 Å². The van der Waals surface area contributed by atoms with Gasteiger partial charge in [0.05, 0.1) is 0 Å². The average molecular weight is 704 g/mol. The maximum Gasteiger partial charge on any atom is 0.131 e. The zero-order valence-corrected chi connectivity index (χ0v) is 32.0. The van der Waals surface area contributed by atoms with Gasteiger partial charge >= 0.3 is 0 Å². The Bertz CT molecular complexity index is 2540. The van der Waals surface area contributed by atoms with Gasteiger partial charge in [-0.25, -0.2) is 0 Å². The summed E-state index contributed by atoms with van der Waals surface area (Å²) in [5, 5.41) is 2.52. The van der Waals surface area contributed by atoms with E-state index in [2.05, 4.69) is 160 Å². The van der Waals surface area contributed by atoms with Crippen LogP contribution in [0.5, 0.6) is 11.5 Å². The summed E-state index contributed by atoms with van der Waals surface area (Å²) in [7, 11) is 0. The van der Waals surface area contributed by atoms with Gasteiger partial charge in [-0.15, -0.1) is 0 Å². The Morgan fingerprint density at radius 1 is 0.519 bits per heavy atom. The number of hydrogen-bond acceptors (Lipinski definition) is 2. The number of para-hydroxylation sites is 1. The molecule has 6 aliphatic rings. The Kier molecular flexibility index (Phi) is 6.12. The molecule has 0 amide bonds. The van der Waals surface area contributed by atoms with E-state index in [1.165, 1.54) is 99.7 Å². The van der Waals surface area contributed by atoms with Crippen molar-refractivity contribution in [3.63, 3.8) is 0 Å². The van der Waals surface area contributed by atoms with Crippen molar-refractivity contribution in [3.05, 3.63) is 150 Å². The van der Waals surface area contributed by atoms with Crippen LogP contribution in [0.1, 0.15) is 88.5 Å². The zero-order valence-electron chi connectivity index (χ0n) is 32.0. The third-order valence-electron chi connectivity index (χ3n) is 16.0. The van der Waals surface area contributed by atoms with Crippen molar-refractivity contribution in [2.75, 3.05) is 4.90 Å². The van der Waals surface area contributed by atoms with Crippen molar-refractivity contribution in [1.82, 2.24) is 0 Å². The van der Waals surface area contributed by atoms with Gasteiger partial charge in [0.1, 0.15) is 11.5 Å². The fourth-order valence-electron chi connectivity index (χ4n) is 13.5. The first-order valence-electron chi connectivity index (χ1n) is 20.6. The van der Waals surface area contributed by atoms with E-state index >= 15 is 0 Å². The fourth-order valence-corrected chi connectivity index (χ4v) is 13.5. The van der Waals surface area contributed by atoms with E-state index in [1.54, 1.807) is 0 Å². The smallest absolute Gasteiger partial charge is 0.131 e. The van der Waals surface area contributed by atoms with Gasteiger partial charge in [0.2, 0.25) is 0 Å². The van der Waals surface area contributed by atoms with Gasteiger partial charge in [0.15, 0.2) is 0 Å². The highest BCUT2D eigenvalue weighted by Gasteiger charge is 2.84. The van der Waals surface area contributed by atoms with Crippen LogP contribution in [-0.2, 0) is 16.2 Å². The van der Waals surface area contributed by atoms with E-state index in [4.69, 9.17) is 4.74 Å². The monoisotopic (exact) mass is 703 g/mol. The highest BCUT2D eigenvalue weighted by atomic mass is 16.5. The quantitative estimate of drug-likeness (QED) is 0.181. The Hall–Kier alpha value is -4.82. The molecule has 2 nitrogen and oxygen atoms in total. The molecule has 0 radical (unpaired) electrons. The van der Waals surface area contributed by atoms with Crippen LogP contribution in [0.25, 0.3) is 21.9 Å². The van der Waals surface area contributed by atoms with Crippen molar-refractivity contribution in [3.8, 4) is 22.6 Å². The molecular formula is C52H49NO. The Labute approximate surface area is 320 Å². The van der Waals surface area contributed by atoms with Gasteiger partial charge in [0, 0.05) is 33.6 Å². The molecule has 1 heterocycles. The first kappa shape index (κ1) is 31.5. The second kappa shape index (κ2) is 10.5. The number of benzene rings is 6. The van der Waals surface area contributed by atoms with Gasteiger partial charge in [-0.1, -0.05) is 100 Å². The lowest BCUT2D eigenvalue weighted by atomic mass is 9.26. The van der Waals surface area contributed by atoms with Gasteiger partial charge in [-0.05, 0) is 166 Å². The number of fused-ring (bicyclic) bond motifs is 9. The first-order chi connectivity index (χ1) is 26.2. The third-order valence-corrected chi connectivity index (χ3v) is 16.0. The number of anilines is 3. The normalized spacial score (nSPS) is 29.6. The molecule has 2 spiro atoms. The highest BCUT2D eigenvalue weighted by Crippen LogP contribution is 2.89. The lowest BCUT2D eigenvalue weighted by Gasteiger charge is -2.77. The zero-order chi connectivity index (χ0) is 36.2. The molecule has 4 fully saturated rings. The molecule has 4 saturated carbocycles. The van der Waals surface area contributed by atoms with Crippen molar-refractivity contribution in [1.29, 1.82) is 0 Å². The SMILES string of the molecule is CC1(C)CCC(C)(C)c2cc(N(c3ccc(-c4ccc5c(c4)C4(c6ccccc6O5)C5CC6CC7CC4C75C6)cc3)c3ccc4ccccc4c3)ccc21. The number of rotatable bonds is 4. The van der Waals surface area contributed by atoms with Crippen LogP contribution >= 0.6 is 0 Å². The summed E-state index contributed by atoms with van der Waals surface area (Å²) in [6.07, 6.45) is 8.15. The second-order valence-corrected chi connectivity index (χ2v) is 19.3. The molecule has 6 aromatic rings. The Morgan fingerprint density at radius 3 is 2.02 bits per heavy atom. The van der Waals surface area contributed by atoms with Crippen LogP contribution in [-0.4, -0.2) is 0 Å². The van der Waals surface area contributed by atoms with Crippen LogP contribution in [0.3, 0.4) is 0 Å². The summed E-state index contributed by atoms with van der Waals surface area (Å²) in [6, 6.07) is 48.4. The topological polar surface area (TPSA) is 12.5 Å². The van der Waals surface area contributed by atoms with Crippen LogP contribution < -0.4 is 9.64 Å². The molecule has 6 unspecified atom stereocenters. The first-order valence-corrected chi connectivity index (χ1v) is 20.6. The molecule has 268 valence electrons. The summed E-state index contributed by atoms with van der Waals surface area (Å²) in [4.78, 5) is 2.47. The van der Waals surface area contributed by atoms with Crippen LogP contribution in [0, 0.1) is 29.1 Å². The number of ether oxygens (including phenoxy) is 1. The lowest BCUT2D eigenvalue weighted by Crippen LogP contribution is -2.74. The molecule has 6 atom stereocenters. The molecule has 6 aromatic carbocycles. The van der Waals surface area contributed by atoms with Crippen molar-refractivity contribution in [2.24, 2.45) is 29.1 Å². The molecule has 2 bridgehead atoms. The number of nitrogens with zero attached hydrogens (tertiary/aromatic N) is 1.